The number of carbonyl (C=O) groups is 2. The number of benzene rings is 2. The molecule has 2 atom stereocenters. The van der Waals surface area contributed by atoms with Crippen molar-refractivity contribution in [1.29, 1.82) is 0 Å². The number of ether oxygens (including phenoxy) is 1. The summed E-state index contributed by atoms with van der Waals surface area (Å²) >= 11 is 0. The van der Waals surface area contributed by atoms with Crippen molar-refractivity contribution < 1.29 is 19.4 Å². The van der Waals surface area contributed by atoms with Gasteiger partial charge in [-0.15, -0.1) is 0 Å². The molecule has 1 fully saturated rings. The maximum absolute atomic E-state index is 13.5. The lowest BCUT2D eigenvalue weighted by Crippen LogP contribution is -2.40. The summed E-state index contributed by atoms with van der Waals surface area (Å²) in [5.74, 6) is -0.000938. The number of hydrogen-bond donors (Lipinski definition) is 1. The predicted octanol–water partition coefficient (Wildman–Crippen LogP) is 3.86. The van der Waals surface area contributed by atoms with Gasteiger partial charge in [-0.3, -0.25) is 9.59 Å². The molecule has 0 aromatic heterocycles. The molecule has 2 aromatic carbocycles. The lowest BCUT2D eigenvalue weighted by atomic mass is 9.93. The molecule has 4 rings (SSSR count). The van der Waals surface area contributed by atoms with Gasteiger partial charge in [0.05, 0.1) is 18.6 Å². The molecule has 6 heteroatoms. The van der Waals surface area contributed by atoms with Crippen LogP contribution in [0.5, 0.6) is 5.75 Å². The molecule has 2 aliphatic heterocycles. The summed E-state index contributed by atoms with van der Waals surface area (Å²) in [6, 6.07) is 14.6. The molecule has 0 spiro atoms. The van der Waals surface area contributed by atoms with E-state index in [0.717, 1.165) is 24.0 Å². The number of para-hydroxylation sites is 1. The van der Waals surface area contributed by atoms with Crippen molar-refractivity contribution in [3.8, 4) is 5.75 Å². The zero-order valence-corrected chi connectivity index (χ0v) is 17.7. The molecule has 31 heavy (non-hydrogen) atoms. The number of rotatable bonds is 6. The van der Waals surface area contributed by atoms with Gasteiger partial charge in [0, 0.05) is 38.4 Å². The third kappa shape index (κ3) is 4.80. The van der Waals surface area contributed by atoms with Crippen molar-refractivity contribution in [3.63, 3.8) is 0 Å². The normalized spacial score (nSPS) is 19.8. The first-order chi connectivity index (χ1) is 15.0. The SMILES string of the molecule is CC(=O)N1C=Cc2ccccc2C1CC(=O)N(Cc1ccccc1O)CC1CCCO1. The van der Waals surface area contributed by atoms with Crippen LogP contribution in [0.2, 0.25) is 0 Å². The Bertz CT molecular complexity index is 981. The van der Waals surface area contributed by atoms with E-state index in [1.165, 1.54) is 6.92 Å². The molecule has 0 radical (unpaired) electrons. The van der Waals surface area contributed by atoms with Crippen LogP contribution in [0, 0.1) is 0 Å². The van der Waals surface area contributed by atoms with E-state index in [9.17, 15) is 14.7 Å². The van der Waals surface area contributed by atoms with E-state index < -0.39 is 0 Å². The Morgan fingerprint density at radius 2 is 1.94 bits per heavy atom. The number of phenols is 1. The fourth-order valence-corrected chi connectivity index (χ4v) is 4.35. The van der Waals surface area contributed by atoms with Gasteiger partial charge >= 0.3 is 0 Å². The molecule has 2 aliphatic rings. The number of nitrogens with zero attached hydrogens (tertiary/aromatic N) is 2. The maximum Gasteiger partial charge on any atom is 0.225 e. The predicted molar refractivity (Wildman–Crippen MR) is 118 cm³/mol. The molecule has 162 valence electrons. The minimum absolute atomic E-state index is 0.00254. The third-order valence-corrected chi connectivity index (χ3v) is 5.99. The van der Waals surface area contributed by atoms with Crippen LogP contribution in [0.4, 0.5) is 0 Å². The smallest absolute Gasteiger partial charge is 0.225 e. The van der Waals surface area contributed by atoms with Gasteiger partial charge in [-0.25, -0.2) is 0 Å². The van der Waals surface area contributed by atoms with Crippen molar-refractivity contribution in [1.82, 2.24) is 9.80 Å². The number of amides is 2. The summed E-state index contributed by atoms with van der Waals surface area (Å²) in [5.41, 5.74) is 2.68. The number of carbonyl (C=O) groups excluding carboxylic acids is 2. The minimum Gasteiger partial charge on any atom is -0.508 e. The summed E-state index contributed by atoms with van der Waals surface area (Å²) < 4.78 is 5.78. The van der Waals surface area contributed by atoms with Gasteiger partial charge in [-0.05, 0) is 36.1 Å². The molecular formula is C25H28N2O4. The molecule has 6 nitrogen and oxygen atoms in total. The molecule has 2 heterocycles. The van der Waals surface area contributed by atoms with Crippen molar-refractivity contribution in [2.24, 2.45) is 0 Å². The van der Waals surface area contributed by atoms with Crippen LogP contribution in [0.15, 0.2) is 54.7 Å². The Morgan fingerprint density at radius 1 is 1.16 bits per heavy atom. The van der Waals surface area contributed by atoms with E-state index in [4.69, 9.17) is 4.74 Å². The Hall–Kier alpha value is -3.12. The van der Waals surface area contributed by atoms with Crippen LogP contribution in [-0.2, 0) is 20.9 Å². The number of phenolic OH excluding ortho intramolecular Hbond substituents is 1. The van der Waals surface area contributed by atoms with Crippen LogP contribution in [0.3, 0.4) is 0 Å². The lowest BCUT2D eigenvalue weighted by Gasteiger charge is -2.34. The quantitative estimate of drug-likeness (QED) is 0.770. The Labute approximate surface area is 182 Å². The highest BCUT2D eigenvalue weighted by atomic mass is 16.5. The van der Waals surface area contributed by atoms with E-state index in [1.54, 1.807) is 28.1 Å². The van der Waals surface area contributed by atoms with Crippen molar-refractivity contribution in [2.45, 2.75) is 44.9 Å². The largest absolute Gasteiger partial charge is 0.508 e. The highest BCUT2D eigenvalue weighted by molar-refractivity contribution is 5.82. The second-order valence-electron chi connectivity index (χ2n) is 8.13. The van der Waals surface area contributed by atoms with Crippen LogP contribution in [-0.4, -0.2) is 46.0 Å². The van der Waals surface area contributed by atoms with Crippen LogP contribution >= 0.6 is 0 Å². The fraction of sp³-hybridized carbons (Fsp3) is 0.360. The van der Waals surface area contributed by atoms with E-state index >= 15 is 0 Å². The first-order valence-corrected chi connectivity index (χ1v) is 10.7. The summed E-state index contributed by atoms with van der Waals surface area (Å²) in [6.07, 6.45) is 5.74. The van der Waals surface area contributed by atoms with Crippen molar-refractivity contribution >= 4 is 17.9 Å². The standard InChI is InChI=1S/C25H28N2O4/c1-18(28)27-13-12-19-7-2-4-10-22(19)23(27)15-25(30)26(17-21-9-6-14-31-21)16-20-8-3-5-11-24(20)29/h2-5,7-8,10-13,21,23,29H,6,9,14-17H2,1H3. The summed E-state index contributed by atoms with van der Waals surface area (Å²) in [5, 5.41) is 10.2. The lowest BCUT2D eigenvalue weighted by molar-refractivity contribution is -0.136. The number of hydrogen-bond acceptors (Lipinski definition) is 4. The van der Waals surface area contributed by atoms with Gasteiger partial charge in [0.25, 0.3) is 0 Å². The number of fused-ring (bicyclic) bond motifs is 1. The Kier molecular flexibility index (Phi) is 6.37. The summed E-state index contributed by atoms with van der Waals surface area (Å²) in [6.45, 7) is 3.00. The fourth-order valence-electron chi connectivity index (χ4n) is 4.35. The molecule has 0 bridgehead atoms. The highest BCUT2D eigenvalue weighted by Crippen LogP contribution is 2.34. The zero-order chi connectivity index (χ0) is 21.8. The molecule has 0 aliphatic carbocycles. The molecular weight excluding hydrogens is 392 g/mol. The molecule has 1 N–H and O–H groups in total. The van der Waals surface area contributed by atoms with Gasteiger partial charge in [0.2, 0.25) is 11.8 Å². The highest BCUT2D eigenvalue weighted by Gasteiger charge is 2.31. The van der Waals surface area contributed by atoms with Crippen LogP contribution < -0.4 is 0 Å². The average Bonchev–Trinajstić information content (AvgIpc) is 3.28. The van der Waals surface area contributed by atoms with E-state index in [-0.39, 0.29) is 36.1 Å². The summed E-state index contributed by atoms with van der Waals surface area (Å²) in [4.78, 5) is 29.2. The van der Waals surface area contributed by atoms with Gasteiger partial charge in [0.1, 0.15) is 5.75 Å². The summed E-state index contributed by atoms with van der Waals surface area (Å²) in [7, 11) is 0. The molecule has 0 saturated carbocycles. The van der Waals surface area contributed by atoms with Gasteiger partial charge in [0.15, 0.2) is 0 Å². The van der Waals surface area contributed by atoms with E-state index in [1.807, 2.05) is 42.5 Å². The second-order valence-corrected chi connectivity index (χ2v) is 8.13. The first kappa shape index (κ1) is 21.1. The Morgan fingerprint density at radius 3 is 2.68 bits per heavy atom. The van der Waals surface area contributed by atoms with Crippen LogP contribution in [0.25, 0.3) is 6.08 Å². The minimum atomic E-state index is -0.359. The topological polar surface area (TPSA) is 70.1 Å². The van der Waals surface area contributed by atoms with Crippen molar-refractivity contribution in [2.75, 3.05) is 13.2 Å². The van der Waals surface area contributed by atoms with E-state index in [2.05, 4.69) is 0 Å². The van der Waals surface area contributed by atoms with E-state index in [0.29, 0.717) is 25.3 Å². The second kappa shape index (κ2) is 9.35. The third-order valence-electron chi connectivity index (χ3n) is 5.99. The first-order valence-electron chi connectivity index (χ1n) is 10.7. The average molecular weight is 421 g/mol. The molecule has 2 unspecified atom stereocenters. The van der Waals surface area contributed by atoms with Crippen molar-refractivity contribution in [3.05, 3.63) is 71.4 Å². The molecule has 1 saturated heterocycles. The maximum atomic E-state index is 13.5. The molecule has 2 aromatic rings. The molecule has 2 amide bonds. The van der Waals surface area contributed by atoms with Gasteiger partial charge in [-0.1, -0.05) is 42.5 Å². The van der Waals surface area contributed by atoms with Gasteiger partial charge < -0.3 is 19.6 Å². The monoisotopic (exact) mass is 420 g/mol. The number of aromatic hydroxyl groups is 1. The Balaban J connectivity index is 1.58. The van der Waals surface area contributed by atoms with Gasteiger partial charge in [-0.2, -0.15) is 0 Å². The zero-order valence-electron chi connectivity index (χ0n) is 17.7. The van der Waals surface area contributed by atoms with Crippen LogP contribution in [0.1, 0.15) is 48.9 Å².